The molecule has 2 aromatic heterocycles. The molecular formula is C15H15N5O3. The number of aryl methyl sites for hydroxylation is 3. The Hall–Kier alpha value is -3.03. The zero-order chi connectivity index (χ0) is 16.2. The van der Waals surface area contributed by atoms with Crippen molar-refractivity contribution in [1.82, 2.24) is 19.7 Å². The third-order valence-electron chi connectivity index (χ3n) is 3.50. The van der Waals surface area contributed by atoms with Gasteiger partial charge in [0.2, 0.25) is 0 Å². The first-order chi connectivity index (χ1) is 11.1. The molecule has 118 valence electrons. The molecule has 0 fully saturated rings. The van der Waals surface area contributed by atoms with Crippen LogP contribution in [-0.4, -0.2) is 24.6 Å². The molecular weight excluding hydrogens is 298 g/mol. The summed E-state index contributed by atoms with van der Waals surface area (Å²) in [5, 5.41) is 14.9. The van der Waals surface area contributed by atoms with Gasteiger partial charge in [-0.15, -0.1) is 0 Å². The van der Waals surface area contributed by atoms with Gasteiger partial charge in [-0.25, -0.2) is 9.55 Å². The van der Waals surface area contributed by atoms with Gasteiger partial charge in [0.05, 0.1) is 0 Å². The van der Waals surface area contributed by atoms with Crippen molar-refractivity contribution < 1.29 is 9.45 Å². The van der Waals surface area contributed by atoms with Gasteiger partial charge < -0.3 is 14.6 Å². The zero-order valence-electron chi connectivity index (χ0n) is 12.5. The van der Waals surface area contributed by atoms with E-state index in [0.717, 1.165) is 6.42 Å². The van der Waals surface area contributed by atoms with Gasteiger partial charge in [-0.05, 0) is 16.9 Å². The Morgan fingerprint density at radius 2 is 2.04 bits per heavy atom. The molecule has 0 atom stereocenters. The second-order valence-electron chi connectivity index (χ2n) is 5.10. The molecule has 0 N–H and O–H groups in total. The molecule has 2 heterocycles. The van der Waals surface area contributed by atoms with E-state index in [9.17, 15) is 10.1 Å². The van der Waals surface area contributed by atoms with Crippen LogP contribution in [0.2, 0.25) is 0 Å². The zero-order valence-corrected chi connectivity index (χ0v) is 12.5. The largest absolute Gasteiger partial charge is 0.358 e. The normalized spacial score (nSPS) is 10.8. The van der Waals surface area contributed by atoms with Crippen molar-refractivity contribution in [2.24, 2.45) is 0 Å². The van der Waals surface area contributed by atoms with Crippen LogP contribution in [0, 0.1) is 17.0 Å². The fraction of sp³-hybridized carbons (Fsp3) is 0.267. The number of rotatable bonds is 6. The summed E-state index contributed by atoms with van der Waals surface area (Å²) in [7, 11) is 0. The molecule has 0 spiro atoms. The molecule has 8 heteroatoms. The first kappa shape index (κ1) is 14.9. The average molecular weight is 313 g/mol. The molecule has 1 aromatic carbocycles. The van der Waals surface area contributed by atoms with Crippen LogP contribution in [0.1, 0.15) is 23.1 Å². The number of hydrogen-bond acceptors (Lipinski definition) is 6. The summed E-state index contributed by atoms with van der Waals surface area (Å²) in [6.45, 7) is 1.83. The van der Waals surface area contributed by atoms with Gasteiger partial charge in [0.1, 0.15) is 6.20 Å². The van der Waals surface area contributed by atoms with Gasteiger partial charge in [-0.3, -0.25) is 0 Å². The minimum Gasteiger partial charge on any atom is -0.358 e. The van der Waals surface area contributed by atoms with Crippen LogP contribution in [0.3, 0.4) is 0 Å². The Kier molecular flexibility index (Phi) is 4.13. The number of nitro groups is 1. The maximum Gasteiger partial charge on any atom is 0.343 e. The van der Waals surface area contributed by atoms with Crippen LogP contribution in [0.5, 0.6) is 0 Å². The van der Waals surface area contributed by atoms with Crippen LogP contribution in [0.25, 0.3) is 0 Å². The summed E-state index contributed by atoms with van der Waals surface area (Å²) in [4.78, 5) is 18.7. The Bertz CT molecular complexity index is 810. The number of aromatic nitrogens is 4. The highest BCUT2D eigenvalue weighted by atomic mass is 16.6. The van der Waals surface area contributed by atoms with Gasteiger partial charge >= 0.3 is 5.82 Å². The fourth-order valence-corrected chi connectivity index (χ4v) is 2.29. The molecule has 23 heavy (non-hydrogen) atoms. The first-order valence-corrected chi connectivity index (χ1v) is 7.15. The van der Waals surface area contributed by atoms with Gasteiger partial charge in [0.25, 0.3) is 5.89 Å². The molecule has 0 saturated heterocycles. The molecule has 0 unspecified atom stereocenters. The molecule has 0 radical (unpaired) electrons. The van der Waals surface area contributed by atoms with E-state index in [4.69, 9.17) is 4.52 Å². The van der Waals surface area contributed by atoms with Gasteiger partial charge in [-0.1, -0.05) is 35.5 Å². The predicted octanol–water partition coefficient (Wildman–Crippen LogP) is 2.32. The van der Waals surface area contributed by atoms with Crippen molar-refractivity contribution in [3.63, 3.8) is 0 Å². The second kappa shape index (κ2) is 6.39. The average Bonchev–Trinajstić information content (AvgIpc) is 3.14. The lowest BCUT2D eigenvalue weighted by Crippen LogP contribution is -2.06. The quantitative estimate of drug-likeness (QED) is 0.511. The highest BCUT2D eigenvalue weighted by molar-refractivity contribution is 5.20. The fourth-order valence-electron chi connectivity index (χ4n) is 2.29. The molecule has 3 aromatic rings. The number of benzene rings is 1. The van der Waals surface area contributed by atoms with E-state index >= 15 is 0 Å². The van der Waals surface area contributed by atoms with E-state index in [1.54, 1.807) is 6.92 Å². The standard InChI is InChI=1S/C15H15N5O3/c1-11-16-9-15(20(21)22)19(11)10-14-17-13(18-23-14)8-7-12-5-3-2-4-6-12/h2-6,9H,7-8,10H2,1H3. The van der Waals surface area contributed by atoms with Crippen molar-refractivity contribution in [2.45, 2.75) is 26.3 Å². The molecule has 0 amide bonds. The van der Waals surface area contributed by atoms with Crippen LogP contribution in [0.4, 0.5) is 5.82 Å². The van der Waals surface area contributed by atoms with Crippen molar-refractivity contribution >= 4 is 5.82 Å². The van der Waals surface area contributed by atoms with Crippen LogP contribution < -0.4 is 0 Å². The number of nitrogens with zero attached hydrogens (tertiary/aromatic N) is 5. The highest BCUT2D eigenvalue weighted by Gasteiger charge is 2.20. The minimum atomic E-state index is -0.479. The van der Waals surface area contributed by atoms with Crippen molar-refractivity contribution in [1.29, 1.82) is 0 Å². The van der Waals surface area contributed by atoms with Crippen molar-refractivity contribution in [3.05, 3.63) is 69.7 Å². The number of imidazole rings is 1. The van der Waals surface area contributed by atoms with E-state index in [1.807, 2.05) is 30.3 Å². The van der Waals surface area contributed by atoms with Crippen LogP contribution in [0.15, 0.2) is 41.1 Å². The Balaban J connectivity index is 1.68. The van der Waals surface area contributed by atoms with E-state index in [-0.39, 0.29) is 12.4 Å². The summed E-state index contributed by atoms with van der Waals surface area (Å²) in [5.74, 6) is 1.36. The Labute approximate surface area is 131 Å². The molecule has 0 aliphatic heterocycles. The van der Waals surface area contributed by atoms with Crippen molar-refractivity contribution in [2.75, 3.05) is 0 Å². The number of hydrogen-bond donors (Lipinski definition) is 0. The summed E-state index contributed by atoms with van der Waals surface area (Å²) in [6, 6.07) is 10.0. The minimum absolute atomic E-state index is 0.0912. The summed E-state index contributed by atoms with van der Waals surface area (Å²) in [5.41, 5.74) is 1.19. The third kappa shape index (κ3) is 3.42. The summed E-state index contributed by atoms with van der Waals surface area (Å²) < 4.78 is 6.62. The van der Waals surface area contributed by atoms with E-state index in [1.165, 1.54) is 16.3 Å². The predicted molar refractivity (Wildman–Crippen MR) is 80.9 cm³/mol. The Morgan fingerprint density at radius 3 is 2.78 bits per heavy atom. The third-order valence-corrected chi connectivity index (χ3v) is 3.50. The van der Waals surface area contributed by atoms with Gasteiger partial charge in [-0.2, -0.15) is 4.98 Å². The lowest BCUT2D eigenvalue weighted by molar-refractivity contribution is -0.392. The summed E-state index contributed by atoms with van der Waals surface area (Å²) >= 11 is 0. The lowest BCUT2D eigenvalue weighted by atomic mass is 10.1. The van der Waals surface area contributed by atoms with Crippen molar-refractivity contribution in [3.8, 4) is 0 Å². The highest BCUT2D eigenvalue weighted by Crippen LogP contribution is 2.15. The first-order valence-electron chi connectivity index (χ1n) is 7.15. The molecule has 0 aliphatic carbocycles. The van der Waals surface area contributed by atoms with E-state index in [2.05, 4.69) is 15.1 Å². The van der Waals surface area contributed by atoms with Crippen LogP contribution >= 0.6 is 0 Å². The maximum absolute atomic E-state index is 11.0. The molecule has 8 nitrogen and oxygen atoms in total. The maximum atomic E-state index is 11.0. The molecule has 0 saturated carbocycles. The lowest BCUT2D eigenvalue weighted by Gasteiger charge is -1.98. The van der Waals surface area contributed by atoms with E-state index < -0.39 is 4.92 Å². The van der Waals surface area contributed by atoms with Gasteiger partial charge in [0, 0.05) is 13.3 Å². The topological polar surface area (TPSA) is 99.9 Å². The monoisotopic (exact) mass is 313 g/mol. The Morgan fingerprint density at radius 1 is 1.26 bits per heavy atom. The smallest absolute Gasteiger partial charge is 0.343 e. The molecule has 3 rings (SSSR count). The molecule has 0 aliphatic rings. The van der Waals surface area contributed by atoms with E-state index in [0.29, 0.717) is 24.0 Å². The summed E-state index contributed by atoms with van der Waals surface area (Å²) in [6.07, 6.45) is 2.69. The second-order valence-corrected chi connectivity index (χ2v) is 5.10. The van der Waals surface area contributed by atoms with Crippen LogP contribution in [-0.2, 0) is 19.4 Å². The van der Waals surface area contributed by atoms with Gasteiger partial charge in [0.15, 0.2) is 18.2 Å². The molecule has 0 bridgehead atoms. The SMILES string of the molecule is Cc1ncc([N+](=O)[O-])n1Cc1nc(CCc2ccccc2)no1.